The fourth-order valence-electron chi connectivity index (χ4n) is 1.53. The molecular weight excluding hydrogens is 272 g/mol. The van der Waals surface area contributed by atoms with Crippen molar-refractivity contribution in [3.8, 4) is 0 Å². The molecule has 6 heteroatoms. The van der Waals surface area contributed by atoms with Crippen molar-refractivity contribution in [1.82, 2.24) is 9.97 Å². The Morgan fingerprint density at radius 3 is 2.14 bits per heavy atom. The summed E-state index contributed by atoms with van der Waals surface area (Å²) < 4.78 is 10.2. The summed E-state index contributed by atoms with van der Waals surface area (Å²) in [5.74, 6) is -1.01. The third-order valence-corrected chi connectivity index (χ3v) is 2.55. The molecule has 2 aromatic rings. The summed E-state index contributed by atoms with van der Waals surface area (Å²) in [6.07, 6.45) is 5.40. The second kappa shape index (κ2) is 7.14. The summed E-state index contributed by atoms with van der Waals surface area (Å²) in [5.41, 5.74) is 0.700. The molecule has 0 aliphatic carbocycles. The van der Waals surface area contributed by atoms with Gasteiger partial charge in [0.05, 0.1) is 11.1 Å². The molecule has 0 radical (unpaired) electrons. The average molecular weight is 286 g/mol. The van der Waals surface area contributed by atoms with Crippen molar-refractivity contribution in [2.75, 3.05) is 6.61 Å². The molecule has 21 heavy (non-hydrogen) atoms. The van der Waals surface area contributed by atoms with E-state index in [4.69, 9.17) is 9.47 Å². The van der Waals surface area contributed by atoms with Gasteiger partial charge in [0.25, 0.3) is 0 Å². The molecule has 108 valence electrons. The Hall–Kier alpha value is -2.76. The van der Waals surface area contributed by atoms with Crippen LogP contribution in [0.4, 0.5) is 0 Å². The first kappa shape index (κ1) is 14.6. The molecule has 0 saturated heterocycles. The topological polar surface area (TPSA) is 78.4 Å². The number of carbonyl (C=O) groups excluding carboxylic acids is 2. The molecule has 2 aromatic heterocycles. The van der Waals surface area contributed by atoms with E-state index in [1.807, 2.05) is 0 Å². The highest BCUT2D eigenvalue weighted by Gasteiger charge is 2.14. The predicted octanol–water partition coefficient (Wildman–Crippen LogP) is 1.88. The minimum Gasteiger partial charge on any atom is -0.458 e. The minimum absolute atomic E-state index is 0.0280. The number of esters is 2. The number of carbonyl (C=O) groups is 2. The van der Waals surface area contributed by atoms with E-state index in [9.17, 15) is 9.59 Å². The molecule has 0 aliphatic rings. The Balaban J connectivity index is 1.81. The largest absolute Gasteiger partial charge is 0.458 e. The number of hydrogen-bond acceptors (Lipinski definition) is 6. The number of rotatable bonds is 5. The van der Waals surface area contributed by atoms with E-state index in [0.717, 1.165) is 0 Å². The lowest BCUT2D eigenvalue weighted by Gasteiger charge is -2.13. The number of nitrogens with zero attached hydrogens (tertiary/aromatic N) is 2. The monoisotopic (exact) mass is 286 g/mol. The Kier molecular flexibility index (Phi) is 4.98. The summed E-state index contributed by atoms with van der Waals surface area (Å²) in [6, 6.07) is 6.48. The highest BCUT2D eigenvalue weighted by Crippen LogP contribution is 2.04. The summed E-state index contributed by atoms with van der Waals surface area (Å²) in [7, 11) is 0. The molecule has 0 bridgehead atoms. The quantitative estimate of drug-likeness (QED) is 0.781. The Bertz CT molecular complexity index is 602. The van der Waals surface area contributed by atoms with E-state index >= 15 is 0 Å². The maximum Gasteiger partial charge on any atom is 0.340 e. The second-order valence-corrected chi connectivity index (χ2v) is 4.30. The predicted molar refractivity (Wildman–Crippen MR) is 73.6 cm³/mol. The number of aromatic nitrogens is 2. The van der Waals surface area contributed by atoms with Crippen molar-refractivity contribution in [1.29, 1.82) is 0 Å². The van der Waals surface area contributed by atoms with Crippen LogP contribution in [-0.2, 0) is 9.47 Å². The van der Waals surface area contributed by atoms with Crippen LogP contribution in [0.1, 0.15) is 27.6 Å². The van der Waals surface area contributed by atoms with Crippen molar-refractivity contribution in [3.05, 3.63) is 60.2 Å². The van der Waals surface area contributed by atoms with Gasteiger partial charge in [-0.1, -0.05) is 0 Å². The number of hydrogen-bond donors (Lipinski definition) is 0. The first-order valence-corrected chi connectivity index (χ1v) is 6.35. The van der Waals surface area contributed by atoms with Gasteiger partial charge in [0.2, 0.25) is 0 Å². The fourth-order valence-corrected chi connectivity index (χ4v) is 1.53. The lowest BCUT2D eigenvalue weighted by molar-refractivity contribution is 0.00443. The van der Waals surface area contributed by atoms with E-state index in [0.29, 0.717) is 11.1 Å². The lowest BCUT2D eigenvalue weighted by Crippen LogP contribution is -2.22. The molecule has 0 amide bonds. The summed E-state index contributed by atoms with van der Waals surface area (Å²) in [6.45, 7) is 1.62. The minimum atomic E-state index is -0.557. The highest BCUT2D eigenvalue weighted by molar-refractivity contribution is 5.89. The van der Waals surface area contributed by atoms with Crippen LogP contribution in [0.25, 0.3) is 0 Å². The SMILES string of the molecule is CC(COC(=O)c1cccnc1)OC(=O)c1cccnc1. The zero-order chi connectivity index (χ0) is 15.1. The van der Waals surface area contributed by atoms with Gasteiger partial charge in [0.1, 0.15) is 12.7 Å². The van der Waals surface area contributed by atoms with Gasteiger partial charge in [0.15, 0.2) is 0 Å². The first-order chi connectivity index (χ1) is 10.2. The van der Waals surface area contributed by atoms with E-state index in [2.05, 4.69) is 9.97 Å². The van der Waals surface area contributed by atoms with Crippen molar-refractivity contribution in [2.45, 2.75) is 13.0 Å². The maximum absolute atomic E-state index is 11.8. The number of pyridine rings is 2. The van der Waals surface area contributed by atoms with E-state index in [-0.39, 0.29) is 6.61 Å². The van der Waals surface area contributed by atoms with Crippen LogP contribution >= 0.6 is 0 Å². The van der Waals surface area contributed by atoms with Crippen LogP contribution in [0.5, 0.6) is 0 Å². The molecule has 2 rings (SSSR count). The third kappa shape index (κ3) is 4.38. The maximum atomic E-state index is 11.8. The Morgan fingerprint density at radius 2 is 1.62 bits per heavy atom. The van der Waals surface area contributed by atoms with Crippen molar-refractivity contribution >= 4 is 11.9 Å². The van der Waals surface area contributed by atoms with Crippen LogP contribution in [0.15, 0.2) is 49.1 Å². The van der Waals surface area contributed by atoms with Gasteiger partial charge in [-0.05, 0) is 31.2 Å². The van der Waals surface area contributed by atoms with Crippen LogP contribution < -0.4 is 0 Å². The molecule has 1 atom stereocenters. The van der Waals surface area contributed by atoms with E-state index < -0.39 is 18.0 Å². The van der Waals surface area contributed by atoms with E-state index in [1.54, 1.807) is 43.6 Å². The van der Waals surface area contributed by atoms with Crippen molar-refractivity contribution in [3.63, 3.8) is 0 Å². The highest BCUT2D eigenvalue weighted by atomic mass is 16.6. The van der Waals surface area contributed by atoms with Gasteiger partial charge in [-0.25, -0.2) is 9.59 Å². The molecule has 0 saturated carbocycles. The molecule has 0 aromatic carbocycles. The molecule has 0 fully saturated rings. The lowest BCUT2D eigenvalue weighted by atomic mass is 10.3. The van der Waals surface area contributed by atoms with Gasteiger partial charge >= 0.3 is 11.9 Å². The molecule has 2 heterocycles. The van der Waals surface area contributed by atoms with Crippen molar-refractivity contribution < 1.29 is 19.1 Å². The standard InChI is InChI=1S/C15H14N2O4/c1-11(21-15(19)13-5-3-7-17-9-13)10-20-14(18)12-4-2-6-16-8-12/h2-9,11H,10H2,1H3. The zero-order valence-electron chi connectivity index (χ0n) is 11.4. The van der Waals surface area contributed by atoms with E-state index in [1.165, 1.54) is 12.4 Å². The van der Waals surface area contributed by atoms with Gasteiger partial charge in [-0.3, -0.25) is 9.97 Å². The molecule has 6 nitrogen and oxygen atoms in total. The third-order valence-electron chi connectivity index (χ3n) is 2.55. The molecule has 1 unspecified atom stereocenters. The van der Waals surface area contributed by atoms with Crippen LogP contribution in [0.3, 0.4) is 0 Å². The molecule has 0 spiro atoms. The van der Waals surface area contributed by atoms with Gasteiger partial charge < -0.3 is 9.47 Å². The fraction of sp³-hybridized carbons (Fsp3) is 0.200. The summed E-state index contributed by atoms with van der Waals surface area (Å²) in [5, 5.41) is 0. The number of ether oxygens (including phenoxy) is 2. The summed E-state index contributed by atoms with van der Waals surface area (Å²) in [4.78, 5) is 31.1. The smallest absolute Gasteiger partial charge is 0.340 e. The van der Waals surface area contributed by atoms with Crippen LogP contribution in [0.2, 0.25) is 0 Å². The van der Waals surface area contributed by atoms with Gasteiger partial charge in [0, 0.05) is 24.8 Å². The van der Waals surface area contributed by atoms with Crippen LogP contribution in [0, 0.1) is 0 Å². The van der Waals surface area contributed by atoms with Gasteiger partial charge in [-0.2, -0.15) is 0 Å². The van der Waals surface area contributed by atoms with Crippen molar-refractivity contribution in [2.24, 2.45) is 0 Å². The molecule has 0 aliphatic heterocycles. The Labute approximate surface area is 121 Å². The Morgan fingerprint density at radius 1 is 1.05 bits per heavy atom. The zero-order valence-corrected chi connectivity index (χ0v) is 11.4. The van der Waals surface area contributed by atoms with Crippen LogP contribution in [-0.4, -0.2) is 34.6 Å². The molecule has 0 N–H and O–H groups in total. The average Bonchev–Trinajstić information content (AvgIpc) is 2.54. The van der Waals surface area contributed by atoms with Gasteiger partial charge in [-0.15, -0.1) is 0 Å². The molecular formula is C15H14N2O4. The summed E-state index contributed by atoms with van der Waals surface area (Å²) >= 11 is 0. The second-order valence-electron chi connectivity index (χ2n) is 4.30. The normalized spacial score (nSPS) is 11.5. The first-order valence-electron chi connectivity index (χ1n) is 6.35.